The lowest BCUT2D eigenvalue weighted by molar-refractivity contribution is 0.175. The fourth-order valence-electron chi connectivity index (χ4n) is 1.76. The van der Waals surface area contributed by atoms with E-state index >= 15 is 0 Å². The predicted octanol–water partition coefficient (Wildman–Crippen LogP) is 2.16. The Balaban J connectivity index is 2.22. The number of nitrogens with one attached hydrogen (secondary N) is 1. The molecule has 1 heterocycles. The van der Waals surface area contributed by atoms with Gasteiger partial charge in [0.2, 0.25) is 0 Å². The summed E-state index contributed by atoms with van der Waals surface area (Å²) in [6.07, 6.45) is -0.479. The van der Waals surface area contributed by atoms with Crippen LogP contribution < -0.4 is 10.1 Å². The third kappa shape index (κ3) is 2.34. The van der Waals surface area contributed by atoms with Crippen LogP contribution in [0, 0.1) is 0 Å². The molecule has 0 amide bonds. The zero-order valence-corrected chi connectivity index (χ0v) is 10.6. The molecule has 1 atom stereocenters. The third-order valence-electron chi connectivity index (χ3n) is 2.46. The van der Waals surface area contributed by atoms with Gasteiger partial charge in [0.15, 0.2) is 4.93 Å². The summed E-state index contributed by atoms with van der Waals surface area (Å²) in [5.41, 5.74) is 0.895. The average Bonchev–Trinajstić information content (AvgIpc) is 2.50. The average molecular weight is 239 g/mol. The Morgan fingerprint density at radius 3 is 2.94 bits per heavy atom. The number of aliphatic hydroxyl groups excluding tert-OH is 1. The van der Waals surface area contributed by atoms with E-state index in [-0.39, 0.29) is 4.93 Å². The van der Waals surface area contributed by atoms with Crippen molar-refractivity contribution in [2.45, 2.75) is 29.8 Å². The van der Waals surface area contributed by atoms with Crippen LogP contribution in [0.3, 0.4) is 0 Å². The molecular formula is C12H17NO2S. The summed E-state index contributed by atoms with van der Waals surface area (Å²) in [5, 5.41) is 12.8. The molecule has 1 unspecified atom stereocenters. The monoisotopic (exact) mass is 239 g/mol. The van der Waals surface area contributed by atoms with Gasteiger partial charge in [0, 0.05) is 6.54 Å². The van der Waals surface area contributed by atoms with E-state index in [0.29, 0.717) is 6.54 Å². The fourth-order valence-corrected chi connectivity index (χ4v) is 2.76. The summed E-state index contributed by atoms with van der Waals surface area (Å²) in [6.45, 7) is 4.64. The summed E-state index contributed by atoms with van der Waals surface area (Å²) in [4.78, 5) is 0.944. The van der Waals surface area contributed by atoms with Gasteiger partial charge in [-0.2, -0.15) is 0 Å². The molecule has 0 spiro atoms. The van der Waals surface area contributed by atoms with Gasteiger partial charge >= 0.3 is 0 Å². The summed E-state index contributed by atoms with van der Waals surface area (Å²) < 4.78 is 5.79. The lowest BCUT2D eigenvalue weighted by Crippen LogP contribution is -2.18. The van der Waals surface area contributed by atoms with Crippen LogP contribution in [0.1, 0.15) is 25.5 Å². The summed E-state index contributed by atoms with van der Waals surface area (Å²) >= 11 is 1.71. The molecule has 4 heteroatoms. The lowest BCUT2D eigenvalue weighted by Gasteiger charge is -2.16. The normalized spacial score (nSPS) is 19.0. The van der Waals surface area contributed by atoms with E-state index in [1.54, 1.807) is 11.8 Å². The molecule has 3 nitrogen and oxygen atoms in total. The maximum absolute atomic E-state index is 9.86. The standard InChI is InChI=1S/C12H17NO2S/c1-12(2)15-10-6-8(9(14)7-13-3)4-5-11(10)16-12/h4-6,9,13-14H,7H2,1-3H3. The largest absolute Gasteiger partial charge is 0.476 e. The van der Waals surface area contributed by atoms with Crippen LogP contribution in [0.25, 0.3) is 0 Å². The molecule has 0 aliphatic carbocycles. The molecule has 0 saturated heterocycles. The molecule has 1 aromatic rings. The number of ether oxygens (including phenoxy) is 1. The first-order chi connectivity index (χ1) is 7.52. The number of benzene rings is 1. The van der Waals surface area contributed by atoms with Gasteiger partial charge in [-0.3, -0.25) is 0 Å². The topological polar surface area (TPSA) is 41.5 Å². The second kappa shape index (κ2) is 4.28. The Kier molecular flexibility index (Phi) is 3.15. The molecule has 0 fully saturated rings. The van der Waals surface area contributed by atoms with Crippen molar-refractivity contribution in [2.75, 3.05) is 13.6 Å². The smallest absolute Gasteiger partial charge is 0.153 e. The van der Waals surface area contributed by atoms with Gasteiger partial charge in [-0.1, -0.05) is 17.8 Å². The molecule has 2 N–H and O–H groups in total. The third-order valence-corrected chi connectivity index (χ3v) is 3.59. The number of aliphatic hydroxyl groups is 1. The van der Waals surface area contributed by atoms with Gasteiger partial charge in [0.05, 0.1) is 11.0 Å². The Morgan fingerprint density at radius 2 is 2.25 bits per heavy atom. The first kappa shape index (κ1) is 11.8. The Bertz CT molecular complexity index is 393. The SMILES string of the molecule is CNCC(O)c1ccc2c(c1)OC(C)(C)S2. The lowest BCUT2D eigenvalue weighted by atomic mass is 10.1. The Morgan fingerprint density at radius 1 is 1.50 bits per heavy atom. The van der Waals surface area contributed by atoms with Crippen LogP contribution in [0.4, 0.5) is 0 Å². The molecule has 0 bridgehead atoms. The highest BCUT2D eigenvalue weighted by molar-refractivity contribution is 8.00. The van der Waals surface area contributed by atoms with Crippen molar-refractivity contribution in [2.24, 2.45) is 0 Å². The molecule has 16 heavy (non-hydrogen) atoms. The first-order valence-corrected chi connectivity index (χ1v) is 6.18. The van der Waals surface area contributed by atoms with Gasteiger partial charge in [0.1, 0.15) is 5.75 Å². The number of hydrogen-bond donors (Lipinski definition) is 2. The quantitative estimate of drug-likeness (QED) is 0.848. The predicted molar refractivity (Wildman–Crippen MR) is 65.9 cm³/mol. The van der Waals surface area contributed by atoms with Crippen molar-refractivity contribution in [1.82, 2.24) is 5.32 Å². The van der Waals surface area contributed by atoms with Gasteiger partial charge < -0.3 is 15.2 Å². The van der Waals surface area contributed by atoms with E-state index in [0.717, 1.165) is 16.2 Å². The number of likely N-dealkylation sites (N-methyl/N-ethyl adjacent to an activating group) is 1. The Hall–Kier alpha value is -0.710. The number of rotatable bonds is 3. The van der Waals surface area contributed by atoms with E-state index in [9.17, 15) is 5.11 Å². The number of hydrogen-bond acceptors (Lipinski definition) is 4. The van der Waals surface area contributed by atoms with Crippen LogP contribution in [0.5, 0.6) is 5.75 Å². The maximum atomic E-state index is 9.86. The minimum absolute atomic E-state index is 0.199. The number of thioether (sulfide) groups is 1. The second-order valence-electron chi connectivity index (χ2n) is 4.38. The van der Waals surface area contributed by atoms with Crippen LogP contribution in [0.2, 0.25) is 0 Å². The minimum atomic E-state index is -0.479. The van der Waals surface area contributed by atoms with E-state index < -0.39 is 6.10 Å². The molecule has 0 aromatic heterocycles. The minimum Gasteiger partial charge on any atom is -0.476 e. The van der Waals surface area contributed by atoms with E-state index in [2.05, 4.69) is 5.32 Å². The highest BCUT2D eigenvalue weighted by Crippen LogP contribution is 2.47. The zero-order valence-electron chi connectivity index (χ0n) is 9.78. The molecule has 1 aromatic carbocycles. The van der Waals surface area contributed by atoms with Crippen LogP contribution in [-0.2, 0) is 0 Å². The van der Waals surface area contributed by atoms with Crippen LogP contribution in [-0.4, -0.2) is 23.6 Å². The van der Waals surface area contributed by atoms with Crippen molar-refractivity contribution >= 4 is 11.8 Å². The summed E-state index contributed by atoms with van der Waals surface area (Å²) in [6, 6.07) is 5.90. The van der Waals surface area contributed by atoms with Crippen LogP contribution >= 0.6 is 11.8 Å². The van der Waals surface area contributed by atoms with Crippen molar-refractivity contribution in [3.8, 4) is 5.75 Å². The van der Waals surface area contributed by atoms with Gasteiger partial charge in [-0.15, -0.1) is 0 Å². The molecule has 2 rings (SSSR count). The fraction of sp³-hybridized carbons (Fsp3) is 0.500. The molecule has 0 saturated carbocycles. The maximum Gasteiger partial charge on any atom is 0.153 e. The van der Waals surface area contributed by atoms with Crippen molar-refractivity contribution in [1.29, 1.82) is 0 Å². The van der Waals surface area contributed by atoms with Crippen molar-refractivity contribution < 1.29 is 9.84 Å². The van der Waals surface area contributed by atoms with Crippen LogP contribution in [0.15, 0.2) is 23.1 Å². The van der Waals surface area contributed by atoms with E-state index in [1.165, 1.54) is 0 Å². The Labute approximate surface area is 100 Å². The van der Waals surface area contributed by atoms with Gasteiger partial charge in [0.25, 0.3) is 0 Å². The van der Waals surface area contributed by atoms with Crippen molar-refractivity contribution in [3.63, 3.8) is 0 Å². The molecule has 1 aliphatic heterocycles. The summed E-state index contributed by atoms with van der Waals surface area (Å²) in [7, 11) is 1.83. The van der Waals surface area contributed by atoms with Gasteiger partial charge in [-0.25, -0.2) is 0 Å². The molecule has 88 valence electrons. The summed E-state index contributed by atoms with van der Waals surface area (Å²) in [5.74, 6) is 0.877. The molecule has 0 radical (unpaired) electrons. The van der Waals surface area contributed by atoms with Gasteiger partial charge in [-0.05, 0) is 38.6 Å². The number of fused-ring (bicyclic) bond motifs is 1. The highest BCUT2D eigenvalue weighted by atomic mass is 32.2. The molecular weight excluding hydrogens is 222 g/mol. The first-order valence-electron chi connectivity index (χ1n) is 5.36. The molecule has 1 aliphatic rings. The van der Waals surface area contributed by atoms with E-state index in [4.69, 9.17) is 4.74 Å². The second-order valence-corrected chi connectivity index (χ2v) is 6.01. The highest BCUT2D eigenvalue weighted by Gasteiger charge is 2.31. The van der Waals surface area contributed by atoms with E-state index in [1.807, 2.05) is 39.1 Å². The zero-order chi connectivity index (χ0) is 11.8. The van der Waals surface area contributed by atoms with Crippen molar-refractivity contribution in [3.05, 3.63) is 23.8 Å².